The Kier molecular flexibility index (Phi) is 7.39. The van der Waals surface area contributed by atoms with Gasteiger partial charge in [-0.1, -0.05) is 112 Å². The Labute approximate surface area is 209 Å². The molecule has 1 fully saturated rings. The summed E-state index contributed by atoms with van der Waals surface area (Å²) in [5.41, 5.74) is 0.911. The number of amides is 1. The minimum atomic E-state index is -2.78. The summed E-state index contributed by atoms with van der Waals surface area (Å²) in [7, 11) is -2.78. The van der Waals surface area contributed by atoms with Crippen molar-refractivity contribution in [2.24, 2.45) is 0 Å². The Morgan fingerprint density at radius 1 is 0.943 bits per heavy atom. The highest BCUT2D eigenvalue weighted by atomic mass is 28.4. The van der Waals surface area contributed by atoms with E-state index in [2.05, 4.69) is 75.4 Å². The third kappa shape index (κ3) is 5.17. The molecule has 3 aromatic carbocycles. The van der Waals surface area contributed by atoms with E-state index in [1.54, 1.807) is 0 Å². The standard InChI is InChI=1S/C29H32N2O3Si/c1-29(2,3)35(26-15-9-5-10-16-26,27-17-11-6-12-18-27)34-25-19-24(20-30)31(21-25)28(32)33-22-23-13-7-4-8-14-23/h4-18,24-25H,19,21-22H2,1-3H3/t24-,25-/m1/s1. The minimum absolute atomic E-state index is 0.175. The molecule has 5 nitrogen and oxygen atoms in total. The van der Waals surface area contributed by atoms with Crippen molar-refractivity contribution in [3.05, 3.63) is 96.6 Å². The van der Waals surface area contributed by atoms with E-state index in [0.29, 0.717) is 13.0 Å². The third-order valence-electron chi connectivity index (χ3n) is 6.61. The van der Waals surface area contributed by atoms with Crippen LogP contribution in [0.15, 0.2) is 91.0 Å². The number of hydrogen-bond acceptors (Lipinski definition) is 4. The van der Waals surface area contributed by atoms with Gasteiger partial charge >= 0.3 is 6.09 Å². The van der Waals surface area contributed by atoms with Crippen LogP contribution in [-0.2, 0) is 15.8 Å². The van der Waals surface area contributed by atoms with E-state index in [9.17, 15) is 10.1 Å². The first-order valence-corrected chi connectivity index (χ1v) is 13.9. The Bertz CT molecular complexity index is 1120. The topological polar surface area (TPSA) is 62.6 Å². The fourth-order valence-corrected chi connectivity index (χ4v) is 9.64. The van der Waals surface area contributed by atoms with Gasteiger partial charge in [0.1, 0.15) is 12.6 Å². The number of benzene rings is 3. The van der Waals surface area contributed by atoms with Gasteiger partial charge in [-0.2, -0.15) is 5.26 Å². The van der Waals surface area contributed by atoms with E-state index < -0.39 is 20.5 Å². The summed E-state index contributed by atoms with van der Waals surface area (Å²) in [6.45, 7) is 7.18. The summed E-state index contributed by atoms with van der Waals surface area (Å²) >= 11 is 0. The van der Waals surface area contributed by atoms with Crippen molar-refractivity contribution in [3.8, 4) is 6.07 Å². The molecule has 0 N–H and O–H groups in total. The smallest absolute Gasteiger partial charge is 0.411 e. The summed E-state index contributed by atoms with van der Waals surface area (Å²) in [5, 5.41) is 12.0. The molecule has 2 atom stereocenters. The van der Waals surface area contributed by atoms with E-state index in [1.807, 2.05) is 42.5 Å². The summed E-state index contributed by atoms with van der Waals surface area (Å²) in [6.07, 6.45) is -0.286. The van der Waals surface area contributed by atoms with Crippen LogP contribution in [0.3, 0.4) is 0 Å². The number of carbonyl (C=O) groups is 1. The molecular formula is C29H32N2O3Si. The molecule has 0 aromatic heterocycles. The zero-order valence-corrected chi connectivity index (χ0v) is 21.6. The SMILES string of the molecule is CC(C)(C)[Si](O[C@@H]1C[C@H](C#N)N(C(=O)OCc2ccccc2)C1)(c1ccccc1)c1ccccc1. The van der Waals surface area contributed by atoms with Gasteiger partial charge < -0.3 is 9.16 Å². The predicted molar refractivity (Wildman–Crippen MR) is 140 cm³/mol. The average molecular weight is 485 g/mol. The van der Waals surface area contributed by atoms with Gasteiger partial charge in [0, 0.05) is 6.42 Å². The van der Waals surface area contributed by atoms with Gasteiger partial charge in [0.2, 0.25) is 0 Å². The molecule has 0 saturated carbocycles. The van der Waals surface area contributed by atoms with Crippen LogP contribution in [0.2, 0.25) is 5.04 Å². The van der Waals surface area contributed by atoms with Crippen molar-refractivity contribution < 1.29 is 14.0 Å². The molecular weight excluding hydrogens is 452 g/mol. The molecule has 0 bridgehead atoms. The second kappa shape index (κ2) is 10.5. The van der Waals surface area contributed by atoms with Gasteiger partial charge in [0.25, 0.3) is 8.32 Å². The number of nitrogens with zero attached hydrogens (tertiary/aromatic N) is 2. The first-order valence-electron chi connectivity index (χ1n) is 12.0. The number of rotatable bonds is 6. The number of hydrogen-bond donors (Lipinski definition) is 0. The van der Waals surface area contributed by atoms with Crippen molar-refractivity contribution in [1.82, 2.24) is 4.90 Å². The van der Waals surface area contributed by atoms with Gasteiger partial charge in [0.15, 0.2) is 0 Å². The number of nitriles is 1. The van der Waals surface area contributed by atoms with Crippen LogP contribution in [0, 0.1) is 11.3 Å². The van der Waals surface area contributed by atoms with Gasteiger partial charge in [-0.25, -0.2) is 4.79 Å². The quantitative estimate of drug-likeness (QED) is 0.469. The lowest BCUT2D eigenvalue weighted by Crippen LogP contribution is -2.67. The molecule has 1 saturated heterocycles. The van der Waals surface area contributed by atoms with Crippen molar-refractivity contribution in [2.45, 2.75) is 51.0 Å². The van der Waals surface area contributed by atoms with Crippen LogP contribution in [0.25, 0.3) is 0 Å². The molecule has 1 amide bonds. The van der Waals surface area contributed by atoms with Crippen molar-refractivity contribution in [2.75, 3.05) is 6.54 Å². The number of carbonyl (C=O) groups excluding carboxylic acids is 1. The van der Waals surface area contributed by atoms with Crippen molar-refractivity contribution >= 4 is 24.8 Å². The van der Waals surface area contributed by atoms with Crippen LogP contribution in [0.1, 0.15) is 32.8 Å². The van der Waals surface area contributed by atoms with Gasteiger partial charge in [-0.3, -0.25) is 4.90 Å². The molecule has 0 spiro atoms. The molecule has 6 heteroatoms. The third-order valence-corrected chi connectivity index (χ3v) is 11.7. The Balaban J connectivity index is 1.61. The molecule has 0 unspecified atom stereocenters. The van der Waals surface area contributed by atoms with Crippen LogP contribution in [0.4, 0.5) is 4.79 Å². The van der Waals surface area contributed by atoms with E-state index in [1.165, 1.54) is 15.3 Å². The normalized spacial score (nSPS) is 18.2. The van der Waals surface area contributed by atoms with Crippen molar-refractivity contribution in [3.63, 3.8) is 0 Å². The van der Waals surface area contributed by atoms with Crippen LogP contribution < -0.4 is 10.4 Å². The fraction of sp³-hybridized carbons (Fsp3) is 0.310. The lowest BCUT2D eigenvalue weighted by Gasteiger charge is -2.44. The maximum Gasteiger partial charge on any atom is 0.411 e. The lowest BCUT2D eigenvalue weighted by molar-refractivity contribution is 0.0935. The molecule has 4 rings (SSSR count). The van der Waals surface area contributed by atoms with Crippen molar-refractivity contribution in [1.29, 1.82) is 5.26 Å². The molecule has 180 valence electrons. The highest BCUT2D eigenvalue weighted by Crippen LogP contribution is 2.39. The second-order valence-electron chi connectivity index (χ2n) is 9.98. The lowest BCUT2D eigenvalue weighted by atomic mass is 10.2. The maximum atomic E-state index is 12.9. The average Bonchev–Trinajstić information content (AvgIpc) is 3.30. The molecule has 1 aliphatic rings. The second-order valence-corrected chi connectivity index (χ2v) is 14.2. The van der Waals surface area contributed by atoms with Gasteiger partial charge in [0.05, 0.1) is 18.7 Å². The van der Waals surface area contributed by atoms with E-state index >= 15 is 0 Å². The van der Waals surface area contributed by atoms with E-state index in [-0.39, 0.29) is 17.7 Å². The highest BCUT2D eigenvalue weighted by molar-refractivity contribution is 6.99. The molecule has 1 heterocycles. The Morgan fingerprint density at radius 2 is 1.46 bits per heavy atom. The zero-order valence-electron chi connectivity index (χ0n) is 20.6. The molecule has 0 radical (unpaired) electrons. The molecule has 3 aromatic rings. The predicted octanol–water partition coefficient (Wildman–Crippen LogP) is 4.87. The Morgan fingerprint density at radius 3 is 1.94 bits per heavy atom. The van der Waals surface area contributed by atoms with E-state index in [4.69, 9.17) is 9.16 Å². The Hall–Kier alpha value is -3.40. The first-order chi connectivity index (χ1) is 16.8. The summed E-state index contributed by atoms with van der Waals surface area (Å²) < 4.78 is 12.7. The van der Waals surface area contributed by atoms with Gasteiger partial charge in [-0.05, 0) is 21.0 Å². The maximum absolute atomic E-state index is 12.9. The minimum Gasteiger partial charge on any atom is -0.445 e. The highest BCUT2D eigenvalue weighted by Gasteiger charge is 2.53. The summed E-state index contributed by atoms with van der Waals surface area (Å²) in [5.74, 6) is 0. The summed E-state index contributed by atoms with van der Waals surface area (Å²) in [4.78, 5) is 14.5. The molecule has 1 aliphatic heterocycles. The van der Waals surface area contributed by atoms with Crippen LogP contribution in [-0.4, -0.2) is 38.0 Å². The van der Waals surface area contributed by atoms with Crippen LogP contribution in [0.5, 0.6) is 0 Å². The zero-order chi connectivity index (χ0) is 24.9. The first kappa shape index (κ1) is 24.7. The van der Waals surface area contributed by atoms with Crippen LogP contribution >= 0.6 is 0 Å². The van der Waals surface area contributed by atoms with E-state index in [0.717, 1.165) is 5.56 Å². The largest absolute Gasteiger partial charge is 0.445 e. The molecule has 35 heavy (non-hydrogen) atoms. The number of ether oxygens (including phenoxy) is 1. The molecule has 0 aliphatic carbocycles. The monoisotopic (exact) mass is 484 g/mol. The summed E-state index contributed by atoms with van der Waals surface area (Å²) in [6, 6.07) is 32.1. The fourth-order valence-electron chi connectivity index (χ4n) is 4.95. The number of likely N-dealkylation sites (tertiary alicyclic amines) is 1. The van der Waals surface area contributed by atoms with Gasteiger partial charge in [-0.15, -0.1) is 0 Å².